The first kappa shape index (κ1) is 16.3. The second-order valence-electron chi connectivity index (χ2n) is 4.96. The zero-order valence-electron chi connectivity index (χ0n) is 12.5. The normalized spacial score (nSPS) is 10.5. The van der Waals surface area contributed by atoms with E-state index in [1.165, 1.54) is 6.20 Å². The van der Waals surface area contributed by atoms with Gasteiger partial charge in [0, 0.05) is 22.8 Å². The van der Waals surface area contributed by atoms with E-state index in [0.717, 1.165) is 0 Å². The zero-order valence-corrected chi connectivity index (χ0v) is 14.0. The maximum Gasteiger partial charge on any atom is 0.257 e. The van der Waals surface area contributed by atoms with Gasteiger partial charge in [0.15, 0.2) is 5.82 Å². The summed E-state index contributed by atoms with van der Waals surface area (Å²) in [5, 5.41) is 10.4. The number of carbonyl (C=O) groups is 1. The van der Waals surface area contributed by atoms with E-state index in [9.17, 15) is 4.79 Å². The molecule has 2 aromatic heterocycles. The summed E-state index contributed by atoms with van der Waals surface area (Å²) in [5.74, 6) is 1.09. The van der Waals surface area contributed by atoms with Crippen molar-refractivity contribution in [2.75, 3.05) is 10.6 Å². The Morgan fingerprint density at radius 3 is 2.71 bits per heavy atom. The molecule has 1 amide bonds. The number of halogens is 2. The third-order valence-electron chi connectivity index (χ3n) is 3.08. The highest BCUT2D eigenvalue weighted by atomic mass is 35.5. The average Bonchev–Trinajstić information content (AvgIpc) is 2.96. The molecule has 0 aliphatic heterocycles. The number of hydrogen-bond acceptors (Lipinski definition) is 5. The summed E-state index contributed by atoms with van der Waals surface area (Å²) in [6, 6.07) is 9.86. The minimum Gasteiger partial charge on any atom is -0.360 e. The Bertz CT molecular complexity index is 895. The first-order valence-electron chi connectivity index (χ1n) is 6.94. The summed E-state index contributed by atoms with van der Waals surface area (Å²) < 4.78 is 4.91. The first-order valence-corrected chi connectivity index (χ1v) is 7.69. The van der Waals surface area contributed by atoms with Gasteiger partial charge >= 0.3 is 0 Å². The van der Waals surface area contributed by atoms with Crippen LogP contribution in [0.4, 0.5) is 17.3 Å². The molecule has 2 heterocycles. The van der Waals surface area contributed by atoms with Crippen molar-refractivity contribution < 1.29 is 9.32 Å². The van der Waals surface area contributed by atoms with Gasteiger partial charge in [-0.25, -0.2) is 4.98 Å². The highest BCUT2D eigenvalue weighted by molar-refractivity contribution is 6.35. The maximum atomic E-state index is 12.3. The predicted octanol–water partition coefficient (Wildman–Crippen LogP) is 4.68. The number of nitrogens with one attached hydrogen (secondary N) is 2. The van der Waals surface area contributed by atoms with E-state index in [2.05, 4.69) is 20.8 Å². The van der Waals surface area contributed by atoms with Crippen molar-refractivity contribution in [3.05, 3.63) is 64.0 Å². The summed E-state index contributed by atoms with van der Waals surface area (Å²) in [4.78, 5) is 16.4. The van der Waals surface area contributed by atoms with E-state index >= 15 is 0 Å². The van der Waals surface area contributed by atoms with E-state index in [1.54, 1.807) is 43.3 Å². The van der Waals surface area contributed by atoms with Crippen LogP contribution < -0.4 is 10.6 Å². The van der Waals surface area contributed by atoms with E-state index in [-0.39, 0.29) is 5.91 Å². The third kappa shape index (κ3) is 3.84. The van der Waals surface area contributed by atoms with Gasteiger partial charge < -0.3 is 15.2 Å². The minimum atomic E-state index is -0.328. The quantitative estimate of drug-likeness (QED) is 0.704. The van der Waals surface area contributed by atoms with Gasteiger partial charge in [-0.15, -0.1) is 0 Å². The topological polar surface area (TPSA) is 80.0 Å². The van der Waals surface area contributed by atoms with Crippen molar-refractivity contribution in [3.8, 4) is 0 Å². The van der Waals surface area contributed by atoms with Crippen molar-refractivity contribution in [2.45, 2.75) is 6.92 Å². The van der Waals surface area contributed by atoms with Gasteiger partial charge in [-0.1, -0.05) is 28.4 Å². The number of aryl methyl sites for hydroxylation is 1. The van der Waals surface area contributed by atoms with Gasteiger partial charge in [-0.3, -0.25) is 4.79 Å². The lowest BCUT2D eigenvalue weighted by Gasteiger charge is -2.09. The molecule has 3 rings (SSSR count). The van der Waals surface area contributed by atoms with Crippen LogP contribution in [0.25, 0.3) is 0 Å². The summed E-state index contributed by atoms with van der Waals surface area (Å²) in [7, 11) is 0. The lowest BCUT2D eigenvalue weighted by atomic mass is 10.2. The molecule has 0 aliphatic carbocycles. The predicted molar refractivity (Wildman–Crippen MR) is 93.2 cm³/mol. The molecule has 2 N–H and O–H groups in total. The fraction of sp³-hybridized carbons (Fsp3) is 0.0625. The molecule has 0 unspecified atom stereocenters. The Balaban J connectivity index is 1.78. The van der Waals surface area contributed by atoms with Crippen LogP contribution in [0.1, 0.15) is 16.1 Å². The van der Waals surface area contributed by atoms with Gasteiger partial charge in [-0.05, 0) is 37.3 Å². The molecule has 3 aromatic rings. The number of amides is 1. The van der Waals surface area contributed by atoms with Crippen molar-refractivity contribution in [1.29, 1.82) is 0 Å². The van der Waals surface area contributed by atoms with Crippen LogP contribution in [0.2, 0.25) is 10.0 Å². The van der Waals surface area contributed by atoms with Crippen molar-refractivity contribution in [2.24, 2.45) is 0 Å². The molecule has 0 atom stereocenters. The summed E-state index contributed by atoms with van der Waals surface area (Å²) in [5.41, 5.74) is 1.01. The molecule has 0 saturated heterocycles. The van der Waals surface area contributed by atoms with Crippen molar-refractivity contribution in [1.82, 2.24) is 10.1 Å². The molecule has 6 nitrogen and oxygen atoms in total. The second-order valence-corrected chi connectivity index (χ2v) is 5.80. The van der Waals surface area contributed by atoms with Gasteiger partial charge in [-0.2, -0.15) is 0 Å². The summed E-state index contributed by atoms with van der Waals surface area (Å²) >= 11 is 12.1. The van der Waals surface area contributed by atoms with Crippen LogP contribution in [0.15, 0.2) is 47.1 Å². The van der Waals surface area contributed by atoms with Gasteiger partial charge in [0.2, 0.25) is 0 Å². The number of benzene rings is 1. The Hall–Kier alpha value is -2.57. The molecular formula is C16H12Cl2N4O2. The van der Waals surface area contributed by atoms with Crippen LogP contribution in [0.5, 0.6) is 0 Å². The molecule has 8 heteroatoms. The van der Waals surface area contributed by atoms with Crippen LogP contribution in [0, 0.1) is 6.92 Å². The molecule has 1 aromatic carbocycles. The molecule has 122 valence electrons. The summed E-state index contributed by atoms with van der Waals surface area (Å²) in [6.45, 7) is 1.74. The van der Waals surface area contributed by atoms with Gasteiger partial charge in [0.05, 0.1) is 10.7 Å². The van der Waals surface area contributed by atoms with E-state index in [1.807, 2.05) is 0 Å². The monoisotopic (exact) mass is 362 g/mol. The number of anilines is 3. The SMILES string of the molecule is Cc1cc(NC(=O)c2ccnc(Nc3cc(Cl)ccc3Cl)c2)no1. The highest BCUT2D eigenvalue weighted by Gasteiger charge is 2.11. The fourth-order valence-electron chi connectivity index (χ4n) is 1.99. The van der Waals surface area contributed by atoms with Crippen LogP contribution in [-0.2, 0) is 0 Å². The zero-order chi connectivity index (χ0) is 17.1. The molecule has 24 heavy (non-hydrogen) atoms. The Labute approximate surface area is 147 Å². The minimum absolute atomic E-state index is 0.328. The number of carbonyl (C=O) groups excluding carboxylic acids is 1. The molecule has 0 radical (unpaired) electrons. The van der Waals surface area contributed by atoms with Crippen LogP contribution in [-0.4, -0.2) is 16.0 Å². The molecule has 0 fully saturated rings. The van der Waals surface area contributed by atoms with Gasteiger partial charge in [0.1, 0.15) is 11.6 Å². The lowest BCUT2D eigenvalue weighted by molar-refractivity contribution is 0.102. The lowest BCUT2D eigenvalue weighted by Crippen LogP contribution is -2.12. The van der Waals surface area contributed by atoms with Gasteiger partial charge in [0.25, 0.3) is 5.91 Å². The van der Waals surface area contributed by atoms with E-state index < -0.39 is 0 Å². The fourth-order valence-corrected chi connectivity index (χ4v) is 2.32. The third-order valence-corrected chi connectivity index (χ3v) is 3.65. The van der Waals surface area contributed by atoms with Crippen molar-refractivity contribution >= 4 is 46.4 Å². The van der Waals surface area contributed by atoms with E-state index in [4.69, 9.17) is 27.7 Å². The first-order chi connectivity index (χ1) is 11.5. The maximum absolute atomic E-state index is 12.3. The number of pyridine rings is 1. The second kappa shape index (κ2) is 6.90. The number of hydrogen-bond donors (Lipinski definition) is 2. The molecular weight excluding hydrogens is 351 g/mol. The molecule has 0 spiro atoms. The smallest absolute Gasteiger partial charge is 0.257 e. The van der Waals surface area contributed by atoms with Crippen LogP contribution in [0.3, 0.4) is 0 Å². The Kier molecular flexibility index (Phi) is 4.69. The standard InChI is InChI=1S/C16H12Cl2N4O2/c1-9-6-15(22-24-9)21-16(23)10-4-5-19-14(7-10)20-13-8-11(17)2-3-12(13)18/h2-8H,1H3,(H,19,20)(H,21,22,23). The Morgan fingerprint density at radius 1 is 1.12 bits per heavy atom. The Morgan fingerprint density at radius 2 is 1.96 bits per heavy atom. The summed E-state index contributed by atoms with van der Waals surface area (Å²) in [6.07, 6.45) is 1.52. The average molecular weight is 363 g/mol. The molecule has 0 bridgehead atoms. The molecule has 0 saturated carbocycles. The highest BCUT2D eigenvalue weighted by Crippen LogP contribution is 2.28. The number of nitrogens with zero attached hydrogens (tertiary/aromatic N) is 2. The van der Waals surface area contributed by atoms with Crippen molar-refractivity contribution in [3.63, 3.8) is 0 Å². The number of rotatable bonds is 4. The molecule has 0 aliphatic rings. The number of aromatic nitrogens is 2. The largest absolute Gasteiger partial charge is 0.360 e. The van der Waals surface area contributed by atoms with Crippen LogP contribution >= 0.6 is 23.2 Å². The van der Waals surface area contributed by atoms with E-state index in [0.29, 0.717) is 38.7 Å².